The second kappa shape index (κ2) is 26.6. The summed E-state index contributed by atoms with van der Waals surface area (Å²) in [5.41, 5.74) is 18.1. The zero-order valence-electron chi connectivity index (χ0n) is 56.6. The maximum Gasteiger partial charge on any atom is 0.126 e. The predicted octanol–water partition coefficient (Wildman–Crippen LogP) is 23.1. The van der Waals surface area contributed by atoms with Gasteiger partial charge in [0.2, 0.25) is 0 Å². The molecule has 0 aliphatic heterocycles. The molecule has 0 spiro atoms. The molecule has 0 radical (unpaired) electrons. The molecule has 0 amide bonds. The molecule has 76 heavy (non-hydrogen) atoms. The Kier molecular flexibility index (Phi) is 24.9. The third-order valence-corrected chi connectivity index (χ3v) is 16.1. The molecular weight excluding hydrogens is 961 g/mol. The highest BCUT2D eigenvalue weighted by molar-refractivity contribution is 7.99. The van der Waals surface area contributed by atoms with Gasteiger partial charge in [-0.25, -0.2) is 0 Å². The Morgan fingerprint density at radius 1 is 0.289 bits per heavy atom. The van der Waals surface area contributed by atoms with Gasteiger partial charge in [-0.2, -0.15) is 0 Å². The van der Waals surface area contributed by atoms with Gasteiger partial charge in [0.1, 0.15) is 11.5 Å². The molecule has 4 heteroatoms. The first-order valence-electron chi connectivity index (χ1n) is 28.8. The van der Waals surface area contributed by atoms with Crippen molar-refractivity contribution in [2.45, 2.75) is 298 Å². The minimum atomic E-state index is 0.0760. The molecule has 4 aromatic rings. The van der Waals surface area contributed by atoms with Crippen molar-refractivity contribution < 1.29 is 9.47 Å². The van der Waals surface area contributed by atoms with Crippen LogP contribution in [0.5, 0.6) is 11.5 Å². The lowest BCUT2D eigenvalue weighted by atomic mass is 9.75. The molecule has 0 fully saturated rings. The Morgan fingerprint density at radius 3 is 0.776 bits per heavy atom. The van der Waals surface area contributed by atoms with Gasteiger partial charge in [-0.1, -0.05) is 270 Å². The van der Waals surface area contributed by atoms with E-state index in [-0.39, 0.29) is 43.3 Å². The van der Waals surface area contributed by atoms with E-state index >= 15 is 0 Å². The second-order valence-corrected chi connectivity index (χ2v) is 32.8. The number of methoxy groups -OCH3 is 2. The summed E-state index contributed by atoms with van der Waals surface area (Å²) in [6.07, 6.45) is 4.40. The van der Waals surface area contributed by atoms with E-state index < -0.39 is 0 Å². The van der Waals surface area contributed by atoms with Crippen LogP contribution in [0.15, 0.2) is 58.3 Å². The summed E-state index contributed by atoms with van der Waals surface area (Å²) in [5, 5.41) is 0. The molecule has 0 heterocycles. The summed E-state index contributed by atoms with van der Waals surface area (Å²) in [4.78, 5) is 2.96. The van der Waals surface area contributed by atoms with E-state index in [0.29, 0.717) is 23.7 Å². The van der Waals surface area contributed by atoms with Gasteiger partial charge >= 0.3 is 0 Å². The summed E-state index contributed by atoms with van der Waals surface area (Å²) >= 11 is 3.79. The number of hydrogen-bond donors (Lipinski definition) is 0. The highest BCUT2D eigenvalue weighted by Gasteiger charge is 2.32. The average molecular weight is 1080 g/mol. The van der Waals surface area contributed by atoms with Crippen molar-refractivity contribution >= 4 is 23.5 Å². The smallest absolute Gasteiger partial charge is 0.126 e. The predicted molar refractivity (Wildman–Crippen MR) is 348 cm³/mol. The first-order chi connectivity index (χ1) is 33.9. The summed E-state index contributed by atoms with van der Waals surface area (Å²) < 4.78 is 11.5. The molecule has 432 valence electrons. The molecular formula is C72H120O2S2. The molecule has 4 rings (SSSR count). The molecule has 0 N–H and O–H groups in total. The van der Waals surface area contributed by atoms with Crippen LogP contribution in [0.4, 0.5) is 0 Å². The third kappa shape index (κ3) is 19.8. The minimum Gasteiger partial charge on any atom is -0.496 e. The maximum absolute atomic E-state index is 5.80. The average Bonchev–Trinajstić information content (AvgIpc) is 3.25. The highest BCUT2D eigenvalue weighted by Crippen LogP contribution is 2.45. The van der Waals surface area contributed by atoms with E-state index in [4.69, 9.17) is 9.47 Å². The molecule has 0 saturated carbocycles. The van der Waals surface area contributed by atoms with Gasteiger partial charge in [0.05, 0.1) is 14.2 Å². The molecule has 0 aliphatic carbocycles. The SMILES string of the molecule is COc1c(C(C)(C)C)cc(C(C)(C)C)cc1C(C)(C)C.COc1c(C(C)C)cc(C(C)C)cc1C(C)(C)C.CSc1c(C(C)(C)C)cc(C(C)(C)C)cc1C(C)(C)C.CSc1c(C(C)C)cc(C(C)C)cc1C(C)(C)C. The van der Waals surface area contributed by atoms with E-state index in [1.807, 2.05) is 23.5 Å². The van der Waals surface area contributed by atoms with Crippen LogP contribution in [0.25, 0.3) is 0 Å². The van der Waals surface area contributed by atoms with Crippen LogP contribution in [0.2, 0.25) is 0 Å². The lowest BCUT2D eigenvalue weighted by molar-refractivity contribution is 0.380. The van der Waals surface area contributed by atoms with Crippen molar-refractivity contribution in [3.8, 4) is 11.5 Å². The van der Waals surface area contributed by atoms with Crippen molar-refractivity contribution in [1.29, 1.82) is 0 Å². The number of hydrogen-bond acceptors (Lipinski definition) is 4. The van der Waals surface area contributed by atoms with Crippen molar-refractivity contribution in [3.63, 3.8) is 0 Å². The first-order valence-corrected chi connectivity index (χ1v) is 31.3. The van der Waals surface area contributed by atoms with Gasteiger partial charge in [0.15, 0.2) is 0 Å². The summed E-state index contributed by atoms with van der Waals surface area (Å²) in [6, 6.07) is 19.0. The second-order valence-electron chi connectivity index (χ2n) is 31.2. The Hall–Kier alpha value is -2.82. The Balaban J connectivity index is 0.000000507. The topological polar surface area (TPSA) is 18.5 Å². The largest absolute Gasteiger partial charge is 0.496 e. The minimum absolute atomic E-state index is 0.0760. The normalized spacial score (nSPS) is 13.1. The molecule has 0 bridgehead atoms. The van der Waals surface area contributed by atoms with E-state index in [0.717, 1.165) is 11.5 Å². The van der Waals surface area contributed by atoms with Crippen LogP contribution in [-0.2, 0) is 43.3 Å². The van der Waals surface area contributed by atoms with Crippen LogP contribution < -0.4 is 9.47 Å². The van der Waals surface area contributed by atoms with E-state index in [9.17, 15) is 0 Å². The number of benzene rings is 4. The van der Waals surface area contributed by atoms with Crippen molar-refractivity contribution in [2.75, 3.05) is 26.7 Å². The van der Waals surface area contributed by atoms with Gasteiger partial charge in [-0.05, 0) is 130 Å². The first kappa shape index (κ1) is 71.2. The van der Waals surface area contributed by atoms with Crippen LogP contribution >= 0.6 is 23.5 Å². The van der Waals surface area contributed by atoms with Crippen molar-refractivity contribution in [3.05, 3.63) is 115 Å². The fourth-order valence-electron chi connectivity index (χ4n) is 9.24. The zero-order valence-corrected chi connectivity index (χ0v) is 58.2. The van der Waals surface area contributed by atoms with Gasteiger partial charge in [0.25, 0.3) is 0 Å². The van der Waals surface area contributed by atoms with Gasteiger partial charge < -0.3 is 9.47 Å². The maximum atomic E-state index is 5.80. The number of ether oxygens (including phenoxy) is 2. The summed E-state index contributed by atoms with van der Waals surface area (Å²) in [5.74, 6) is 4.35. The van der Waals surface area contributed by atoms with Crippen molar-refractivity contribution in [1.82, 2.24) is 0 Å². The number of rotatable bonds is 8. The van der Waals surface area contributed by atoms with E-state index in [1.54, 1.807) is 14.2 Å². The van der Waals surface area contributed by atoms with E-state index in [1.165, 1.54) is 76.6 Å². The third-order valence-electron chi connectivity index (χ3n) is 14.4. The molecule has 0 atom stereocenters. The van der Waals surface area contributed by atoms with Crippen LogP contribution in [0, 0.1) is 0 Å². The molecule has 2 nitrogen and oxygen atoms in total. The summed E-state index contributed by atoms with van der Waals surface area (Å²) in [7, 11) is 3.57. The standard InChI is InChI=1S/C19H32O.C19H32S.C17H28O.C17H28S/c2*1-17(2,3)13-11-14(18(4,5)6)16(20-10)15(12-13)19(7,8)9;2*1-11(2)13-9-14(12(3)4)16(18-8)15(10-13)17(5,6)7/h2*11-12H,1-10H3;2*9-12H,1-8H3. The fourth-order valence-corrected chi connectivity index (χ4v) is 11.5. The highest BCUT2D eigenvalue weighted by atomic mass is 32.2. The lowest BCUT2D eigenvalue weighted by Crippen LogP contribution is -2.22. The molecule has 0 aromatic heterocycles. The van der Waals surface area contributed by atoms with Crippen LogP contribution in [0.3, 0.4) is 0 Å². The molecule has 0 saturated heterocycles. The lowest BCUT2D eigenvalue weighted by Gasteiger charge is -2.33. The van der Waals surface area contributed by atoms with Crippen molar-refractivity contribution in [2.24, 2.45) is 0 Å². The molecule has 0 unspecified atom stereocenters. The Labute approximate surface area is 482 Å². The monoisotopic (exact) mass is 1080 g/mol. The Bertz CT molecular complexity index is 2230. The van der Waals surface area contributed by atoms with Crippen LogP contribution in [0.1, 0.15) is 312 Å². The van der Waals surface area contributed by atoms with Crippen LogP contribution in [-0.4, -0.2) is 26.7 Å². The summed E-state index contributed by atoms with van der Waals surface area (Å²) in [6.45, 7) is 73.0. The molecule has 0 aliphatic rings. The number of thioether (sulfide) groups is 2. The van der Waals surface area contributed by atoms with Gasteiger partial charge in [-0.3, -0.25) is 0 Å². The fraction of sp³-hybridized carbons (Fsp3) is 0.667. The van der Waals surface area contributed by atoms with Gasteiger partial charge in [0, 0.05) is 26.5 Å². The Morgan fingerprint density at radius 2 is 0.539 bits per heavy atom. The van der Waals surface area contributed by atoms with Gasteiger partial charge in [-0.15, -0.1) is 23.5 Å². The molecule has 4 aromatic carbocycles. The van der Waals surface area contributed by atoms with E-state index in [2.05, 4.69) is 283 Å². The zero-order chi connectivity index (χ0) is 60.0. The quantitative estimate of drug-likeness (QED) is 0.164.